The van der Waals surface area contributed by atoms with E-state index < -0.39 is 21.4 Å². The summed E-state index contributed by atoms with van der Waals surface area (Å²) in [5, 5.41) is 0.210. The topological polar surface area (TPSA) is 79.7 Å². The van der Waals surface area contributed by atoms with Gasteiger partial charge in [0.05, 0.1) is 10.4 Å². The number of fused-ring (bicyclic) bond motifs is 1. The highest BCUT2D eigenvalue weighted by Gasteiger charge is 2.27. The van der Waals surface area contributed by atoms with Crippen LogP contribution in [0, 0.1) is 0 Å². The molecule has 7 nitrogen and oxygen atoms in total. The van der Waals surface area contributed by atoms with Gasteiger partial charge in [-0.25, -0.2) is 8.42 Å². The maximum atomic E-state index is 13.5. The molecule has 1 fully saturated rings. The molecule has 0 N–H and O–H groups in total. The fourth-order valence-electron chi connectivity index (χ4n) is 4.55. The maximum Gasteiger partial charge on any atom is 0.259 e. The Labute approximate surface area is 206 Å². The van der Waals surface area contributed by atoms with Crippen molar-refractivity contribution >= 4 is 26.8 Å². The predicted octanol–water partition coefficient (Wildman–Crippen LogP) is 4.02. The standard InChI is InChI=1S/C27H31N3O4S/c1-3-15-29-20-24(27(32)28(2)19-21-11-7-6-8-12-21)26(31)23-18-22(13-14-25(23)29)35(33,34)30-16-9-4-5-10-17-30/h3,6-8,11-14,18,20H,1,4-5,9-10,15-17,19H2,2H3. The van der Waals surface area contributed by atoms with E-state index in [1.807, 2.05) is 30.3 Å². The molecule has 1 aromatic heterocycles. The van der Waals surface area contributed by atoms with E-state index in [0.717, 1.165) is 31.2 Å². The van der Waals surface area contributed by atoms with Crippen molar-refractivity contribution in [2.45, 2.75) is 43.7 Å². The monoisotopic (exact) mass is 493 g/mol. The lowest BCUT2D eigenvalue weighted by Gasteiger charge is -2.21. The van der Waals surface area contributed by atoms with Crippen LogP contribution in [0.2, 0.25) is 0 Å². The Hall–Kier alpha value is -3.23. The molecule has 0 atom stereocenters. The molecule has 0 spiro atoms. The maximum absolute atomic E-state index is 13.5. The number of hydrogen-bond acceptors (Lipinski definition) is 4. The number of aromatic nitrogens is 1. The van der Waals surface area contributed by atoms with Gasteiger partial charge in [0, 0.05) is 44.8 Å². The van der Waals surface area contributed by atoms with Crippen LogP contribution in [0.1, 0.15) is 41.6 Å². The lowest BCUT2D eigenvalue weighted by Crippen LogP contribution is -2.33. The lowest BCUT2D eigenvalue weighted by molar-refractivity contribution is 0.0783. The van der Waals surface area contributed by atoms with Crippen LogP contribution >= 0.6 is 0 Å². The van der Waals surface area contributed by atoms with Crippen molar-refractivity contribution in [3.63, 3.8) is 0 Å². The zero-order valence-electron chi connectivity index (χ0n) is 20.0. The smallest absolute Gasteiger partial charge is 0.259 e. The van der Waals surface area contributed by atoms with Crippen molar-refractivity contribution in [2.24, 2.45) is 0 Å². The van der Waals surface area contributed by atoms with Crippen LogP contribution in [0.3, 0.4) is 0 Å². The molecule has 4 rings (SSSR count). The van der Waals surface area contributed by atoms with Crippen LogP contribution in [0.5, 0.6) is 0 Å². The number of amides is 1. The van der Waals surface area contributed by atoms with Gasteiger partial charge in [-0.3, -0.25) is 9.59 Å². The van der Waals surface area contributed by atoms with Gasteiger partial charge in [0.15, 0.2) is 0 Å². The van der Waals surface area contributed by atoms with Crippen LogP contribution < -0.4 is 5.43 Å². The first-order chi connectivity index (χ1) is 16.8. The molecule has 1 aliphatic heterocycles. The van der Waals surface area contributed by atoms with E-state index in [1.165, 1.54) is 15.3 Å². The summed E-state index contributed by atoms with van der Waals surface area (Å²) >= 11 is 0. The van der Waals surface area contributed by atoms with E-state index in [-0.39, 0.29) is 15.8 Å². The minimum atomic E-state index is -3.74. The minimum absolute atomic E-state index is 0.00195. The number of nitrogens with zero attached hydrogens (tertiary/aromatic N) is 3. The zero-order valence-corrected chi connectivity index (χ0v) is 20.8. The average Bonchev–Trinajstić information content (AvgIpc) is 3.16. The van der Waals surface area contributed by atoms with Gasteiger partial charge in [-0.2, -0.15) is 4.31 Å². The molecule has 0 saturated carbocycles. The Balaban J connectivity index is 1.77. The molecular formula is C27H31N3O4S. The zero-order chi connectivity index (χ0) is 25.0. The molecule has 184 valence electrons. The van der Waals surface area contributed by atoms with Crippen LogP contribution in [-0.2, 0) is 23.1 Å². The summed E-state index contributed by atoms with van der Waals surface area (Å²) in [6, 6.07) is 14.1. The third kappa shape index (κ3) is 5.23. The first-order valence-corrected chi connectivity index (χ1v) is 13.3. The van der Waals surface area contributed by atoms with Gasteiger partial charge < -0.3 is 9.47 Å². The van der Waals surface area contributed by atoms with Crippen molar-refractivity contribution in [3.05, 3.63) is 88.7 Å². The Morgan fingerprint density at radius 1 is 1.06 bits per heavy atom. The average molecular weight is 494 g/mol. The first-order valence-electron chi connectivity index (χ1n) is 11.9. The molecule has 0 bridgehead atoms. The Morgan fingerprint density at radius 3 is 2.40 bits per heavy atom. The van der Waals surface area contributed by atoms with Gasteiger partial charge in [0.2, 0.25) is 15.5 Å². The number of benzene rings is 2. The summed E-state index contributed by atoms with van der Waals surface area (Å²) in [6.45, 7) is 5.45. The van der Waals surface area contributed by atoms with Crippen LogP contribution in [-0.4, -0.2) is 48.2 Å². The highest BCUT2D eigenvalue weighted by molar-refractivity contribution is 7.89. The third-order valence-corrected chi connectivity index (χ3v) is 8.31. The minimum Gasteiger partial charge on any atom is -0.343 e. The molecule has 2 aromatic carbocycles. The molecule has 0 unspecified atom stereocenters. The van der Waals surface area contributed by atoms with Crippen molar-refractivity contribution < 1.29 is 13.2 Å². The Bertz CT molecular complexity index is 1390. The van der Waals surface area contributed by atoms with Crippen LogP contribution in [0.25, 0.3) is 10.9 Å². The summed E-state index contributed by atoms with van der Waals surface area (Å²) in [5.74, 6) is -0.417. The van der Waals surface area contributed by atoms with E-state index in [4.69, 9.17) is 0 Å². The predicted molar refractivity (Wildman–Crippen MR) is 138 cm³/mol. The van der Waals surface area contributed by atoms with Gasteiger partial charge in [0.1, 0.15) is 5.56 Å². The Morgan fingerprint density at radius 2 is 1.74 bits per heavy atom. The van der Waals surface area contributed by atoms with E-state index in [2.05, 4.69) is 6.58 Å². The van der Waals surface area contributed by atoms with Gasteiger partial charge in [-0.15, -0.1) is 6.58 Å². The molecular weight excluding hydrogens is 462 g/mol. The molecule has 2 heterocycles. The van der Waals surface area contributed by atoms with Gasteiger partial charge >= 0.3 is 0 Å². The van der Waals surface area contributed by atoms with Crippen molar-refractivity contribution in [1.82, 2.24) is 13.8 Å². The second-order valence-corrected chi connectivity index (χ2v) is 10.9. The van der Waals surface area contributed by atoms with Crippen LogP contribution in [0.4, 0.5) is 0 Å². The quantitative estimate of drug-likeness (QED) is 0.466. The number of allylic oxidation sites excluding steroid dienone is 1. The van der Waals surface area contributed by atoms with E-state index in [9.17, 15) is 18.0 Å². The molecule has 0 radical (unpaired) electrons. The molecule has 35 heavy (non-hydrogen) atoms. The van der Waals surface area contributed by atoms with Crippen molar-refractivity contribution in [1.29, 1.82) is 0 Å². The number of sulfonamides is 1. The summed E-state index contributed by atoms with van der Waals surface area (Å²) in [7, 11) is -2.09. The molecule has 3 aromatic rings. The summed E-state index contributed by atoms with van der Waals surface area (Å²) in [5.41, 5.74) is 1.04. The lowest BCUT2D eigenvalue weighted by atomic mass is 10.1. The molecule has 8 heteroatoms. The van der Waals surface area contributed by atoms with E-state index in [1.54, 1.807) is 36.0 Å². The van der Waals surface area contributed by atoms with Gasteiger partial charge in [-0.1, -0.05) is 49.2 Å². The fraction of sp³-hybridized carbons (Fsp3) is 0.333. The molecule has 1 saturated heterocycles. The number of carbonyl (C=O) groups is 1. The summed E-state index contributed by atoms with van der Waals surface area (Å²) < 4.78 is 30.0. The van der Waals surface area contributed by atoms with E-state index in [0.29, 0.717) is 31.7 Å². The second kappa shape index (κ2) is 10.6. The number of hydrogen-bond donors (Lipinski definition) is 0. The number of rotatable bonds is 7. The SMILES string of the molecule is C=CCn1cc(C(=O)N(C)Cc2ccccc2)c(=O)c2cc(S(=O)(=O)N3CCCCCC3)ccc21. The Kier molecular flexibility index (Phi) is 7.52. The number of carbonyl (C=O) groups excluding carboxylic acids is 1. The fourth-order valence-corrected chi connectivity index (χ4v) is 6.09. The van der Waals surface area contributed by atoms with Crippen molar-refractivity contribution in [2.75, 3.05) is 20.1 Å². The van der Waals surface area contributed by atoms with Crippen LogP contribution in [0.15, 0.2) is 77.1 Å². The second-order valence-electron chi connectivity index (χ2n) is 8.96. The number of pyridine rings is 1. The highest BCUT2D eigenvalue weighted by atomic mass is 32.2. The molecule has 0 aliphatic carbocycles. The van der Waals surface area contributed by atoms with E-state index >= 15 is 0 Å². The van der Waals surface area contributed by atoms with Gasteiger partial charge in [0.25, 0.3) is 5.91 Å². The summed E-state index contributed by atoms with van der Waals surface area (Å²) in [6.07, 6.45) is 6.89. The normalized spacial score (nSPS) is 15.0. The molecule has 1 aliphatic rings. The van der Waals surface area contributed by atoms with Crippen molar-refractivity contribution in [3.8, 4) is 0 Å². The first kappa shape index (κ1) is 24.9. The third-order valence-electron chi connectivity index (χ3n) is 6.42. The van der Waals surface area contributed by atoms with Gasteiger partial charge in [-0.05, 0) is 36.6 Å². The highest BCUT2D eigenvalue weighted by Crippen LogP contribution is 2.24. The molecule has 1 amide bonds. The largest absolute Gasteiger partial charge is 0.343 e. The summed E-state index contributed by atoms with van der Waals surface area (Å²) in [4.78, 5) is 28.4.